The number of carboxylic acids is 1. The molecule has 21 heavy (non-hydrogen) atoms. The van der Waals surface area contributed by atoms with Gasteiger partial charge in [0.15, 0.2) is 0 Å². The Labute approximate surface area is 122 Å². The molecule has 0 bridgehead atoms. The number of aromatic amines is 1. The molecule has 1 aliphatic rings. The monoisotopic (exact) mass is 296 g/mol. The normalized spacial score (nSPS) is 16.0. The van der Waals surface area contributed by atoms with E-state index in [1.807, 2.05) is 0 Å². The van der Waals surface area contributed by atoms with E-state index in [-0.39, 0.29) is 25.6 Å². The van der Waals surface area contributed by atoms with Crippen molar-refractivity contribution in [3.05, 3.63) is 18.2 Å². The summed E-state index contributed by atoms with van der Waals surface area (Å²) in [5, 5.41) is 20.8. The highest BCUT2D eigenvalue weighted by molar-refractivity contribution is 5.83. The molecule has 8 nitrogen and oxygen atoms in total. The van der Waals surface area contributed by atoms with Crippen LogP contribution in [0.15, 0.2) is 12.5 Å². The number of aliphatic hydroxyl groups excluding tert-OH is 1. The second kappa shape index (κ2) is 7.07. The number of nitrogens with one attached hydrogen (secondary N) is 2. The van der Waals surface area contributed by atoms with Crippen molar-refractivity contribution in [3.63, 3.8) is 0 Å². The molecular formula is C13H20N4O4. The number of H-pyrrole nitrogens is 1. The van der Waals surface area contributed by atoms with Crippen molar-refractivity contribution in [3.8, 4) is 0 Å². The Morgan fingerprint density at radius 1 is 1.52 bits per heavy atom. The zero-order chi connectivity index (χ0) is 15.2. The molecule has 1 fully saturated rings. The van der Waals surface area contributed by atoms with Crippen LogP contribution in [0.3, 0.4) is 0 Å². The zero-order valence-corrected chi connectivity index (χ0v) is 11.7. The fourth-order valence-electron chi connectivity index (χ4n) is 2.30. The van der Waals surface area contributed by atoms with Crippen molar-refractivity contribution in [1.29, 1.82) is 0 Å². The number of aromatic nitrogens is 2. The Hall–Kier alpha value is -2.09. The lowest BCUT2D eigenvalue weighted by Gasteiger charge is -2.37. The quantitative estimate of drug-likeness (QED) is 0.563. The van der Waals surface area contributed by atoms with Gasteiger partial charge in [-0.25, -0.2) is 14.6 Å². The molecule has 1 unspecified atom stereocenters. The first-order valence-electron chi connectivity index (χ1n) is 7.00. The number of hydrogen-bond acceptors (Lipinski definition) is 4. The first-order chi connectivity index (χ1) is 10.1. The largest absolute Gasteiger partial charge is 0.480 e. The van der Waals surface area contributed by atoms with E-state index < -0.39 is 18.0 Å². The summed E-state index contributed by atoms with van der Waals surface area (Å²) >= 11 is 0. The van der Waals surface area contributed by atoms with Crippen molar-refractivity contribution >= 4 is 12.0 Å². The summed E-state index contributed by atoms with van der Waals surface area (Å²) in [6.45, 7) is 0.0785. The number of carbonyl (C=O) groups is 2. The fraction of sp³-hybridized carbons (Fsp3) is 0.615. The molecule has 0 radical (unpaired) electrons. The van der Waals surface area contributed by atoms with Crippen molar-refractivity contribution in [2.45, 2.75) is 37.8 Å². The molecule has 116 valence electrons. The minimum atomic E-state index is -1.10. The van der Waals surface area contributed by atoms with E-state index in [1.54, 1.807) is 0 Å². The van der Waals surface area contributed by atoms with Crippen LogP contribution in [0.1, 0.15) is 25.0 Å². The third-order valence-electron chi connectivity index (χ3n) is 3.69. The van der Waals surface area contributed by atoms with Crippen LogP contribution in [0.5, 0.6) is 0 Å². The number of aliphatic hydroxyl groups is 1. The number of rotatable bonds is 7. The van der Waals surface area contributed by atoms with Crippen LogP contribution in [0.2, 0.25) is 0 Å². The molecule has 0 aliphatic heterocycles. The maximum Gasteiger partial charge on any atom is 0.326 e. The molecule has 2 rings (SSSR count). The number of carbonyl (C=O) groups excluding carboxylic acids is 1. The Balaban J connectivity index is 1.97. The smallest absolute Gasteiger partial charge is 0.326 e. The minimum Gasteiger partial charge on any atom is -0.480 e. The molecule has 1 atom stereocenters. The van der Waals surface area contributed by atoms with Crippen LogP contribution in [0.4, 0.5) is 4.79 Å². The van der Waals surface area contributed by atoms with Gasteiger partial charge in [0.1, 0.15) is 6.04 Å². The highest BCUT2D eigenvalue weighted by atomic mass is 16.4. The van der Waals surface area contributed by atoms with Gasteiger partial charge in [0.2, 0.25) is 0 Å². The molecule has 1 saturated carbocycles. The fourth-order valence-corrected chi connectivity index (χ4v) is 2.30. The zero-order valence-electron chi connectivity index (χ0n) is 11.7. The Kier molecular flexibility index (Phi) is 5.15. The van der Waals surface area contributed by atoms with Crippen molar-refractivity contribution in [2.24, 2.45) is 0 Å². The van der Waals surface area contributed by atoms with Gasteiger partial charge < -0.3 is 25.4 Å². The minimum absolute atomic E-state index is 0.0961. The number of carboxylic acid groups (broad SMARTS) is 1. The number of amides is 2. The average Bonchev–Trinajstić information content (AvgIpc) is 2.88. The Bertz CT molecular complexity index is 473. The van der Waals surface area contributed by atoms with E-state index in [9.17, 15) is 14.7 Å². The SMILES string of the molecule is O=C(O)C(Cc1cnc[nH]1)NC(=O)N(CCO)C1CCC1. The van der Waals surface area contributed by atoms with Gasteiger partial charge in [-0.3, -0.25) is 0 Å². The van der Waals surface area contributed by atoms with Crippen molar-refractivity contribution < 1.29 is 19.8 Å². The van der Waals surface area contributed by atoms with E-state index >= 15 is 0 Å². The van der Waals surface area contributed by atoms with Crippen molar-refractivity contribution in [1.82, 2.24) is 20.2 Å². The molecule has 1 aromatic rings. The van der Waals surface area contributed by atoms with Crippen LogP contribution in [0.25, 0.3) is 0 Å². The first kappa shape index (κ1) is 15.3. The van der Waals surface area contributed by atoms with Crippen LogP contribution in [-0.2, 0) is 11.2 Å². The summed E-state index contributed by atoms with van der Waals surface area (Å²) in [6.07, 6.45) is 5.97. The van der Waals surface area contributed by atoms with Gasteiger partial charge in [0.05, 0.1) is 12.9 Å². The van der Waals surface area contributed by atoms with E-state index in [4.69, 9.17) is 5.11 Å². The van der Waals surface area contributed by atoms with E-state index in [0.717, 1.165) is 19.3 Å². The predicted molar refractivity (Wildman–Crippen MR) is 73.7 cm³/mol. The van der Waals surface area contributed by atoms with Gasteiger partial charge in [-0.1, -0.05) is 0 Å². The summed E-state index contributed by atoms with van der Waals surface area (Å²) in [7, 11) is 0. The maximum absolute atomic E-state index is 12.2. The number of hydrogen-bond donors (Lipinski definition) is 4. The van der Waals surface area contributed by atoms with Crippen LogP contribution >= 0.6 is 0 Å². The van der Waals surface area contributed by atoms with Gasteiger partial charge in [0.25, 0.3) is 0 Å². The summed E-state index contributed by atoms with van der Waals surface area (Å²) in [6, 6.07) is -1.38. The topological polar surface area (TPSA) is 119 Å². The van der Waals surface area contributed by atoms with E-state index in [1.165, 1.54) is 17.4 Å². The summed E-state index contributed by atoms with van der Waals surface area (Å²) < 4.78 is 0. The number of imidazole rings is 1. The first-order valence-corrected chi connectivity index (χ1v) is 7.00. The Morgan fingerprint density at radius 2 is 2.29 bits per heavy atom. The molecule has 8 heteroatoms. The molecule has 0 aromatic carbocycles. The molecule has 0 saturated heterocycles. The third-order valence-corrected chi connectivity index (χ3v) is 3.69. The van der Waals surface area contributed by atoms with E-state index in [0.29, 0.717) is 5.69 Å². The standard InChI is InChI=1S/C13H20N4O4/c18-5-4-17(10-2-1-3-10)13(21)16-11(12(19)20)6-9-7-14-8-15-9/h7-8,10-11,18H,1-6H2,(H,14,15)(H,16,21)(H,19,20). The third kappa shape index (κ3) is 3.94. The van der Waals surface area contributed by atoms with Gasteiger partial charge in [0, 0.05) is 30.9 Å². The number of aliphatic carboxylic acids is 1. The average molecular weight is 296 g/mol. The lowest BCUT2D eigenvalue weighted by molar-refractivity contribution is -0.139. The van der Waals surface area contributed by atoms with Crippen LogP contribution in [0, 0.1) is 0 Å². The molecule has 1 aromatic heterocycles. The molecule has 1 aliphatic carbocycles. The molecule has 0 spiro atoms. The highest BCUT2D eigenvalue weighted by Gasteiger charge is 2.31. The van der Waals surface area contributed by atoms with Gasteiger partial charge in [-0.05, 0) is 19.3 Å². The highest BCUT2D eigenvalue weighted by Crippen LogP contribution is 2.24. The lowest BCUT2D eigenvalue weighted by atomic mass is 9.91. The van der Waals surface area contributed by atoms with Crippen molar-refractivity contribution in [2.75, 3.05) is 13.2 Å². The molecule has 4 N–H and O–H groups in total. The molecule has 1 heterocycles. The second-order valence-corrected chi connectivity index (χ2v) is 5.12. The Morgan fingerprint density at radius 3 is 2.76 bits per heavy atom. The van der Waals surface area contributed by atoms with E-state index in [2.05, 4.69) is 15.3 Å². The van der Waals surface area contributed by atoms with Crippen LogP contribution in [-0.4, -0.2) is 62.3 Å². The lowest BCUT2D eigenvalue weighted by Crippen LogP contribution is -2.54. The summed E-state index contributed by atoms with van der Waals surface area (Å²) in [4.78, 5) is 31.7. The maximum atomic E-state index is 12.2. The number of nitrogens with zero attached hydrogens (tertiary/aromatic N) is 2. The molecule has 2 amide bonds. The summed E-state index contributed by atoms with van der Waals surface area (Å²) in [5.41, 5.74) is 0.639. The number of urea groups is 1. The van der Waals surface area contributed by atoms with Gasteiger partial charge in [-0.2, -0.15) is 0 Å². The summed E-state index contributed by atoms with van der Waals surface area (Å²) in [5.74, 6) is -1.10. The van der Waals surface area contributed by atoms with Gasteiger partial charge in [-0.15, -0.1) is 0 Å². The predicted octanol–water partition coefficient (Wildman–Crippen LogP) is -0.0382. The second-order valence-electron chi connectivity index (χ2n) is 5.12. The van der Waals surface area contributed by atoms with Gasteiger partial charge >= 0.3 is 12.0 Å². The molecular weight excluding hydrogens is 276 g/mol. The van der Waals surface area contributed by atoms with Crippen LogP contribution < -0.4 is 5.32 Å².